The molecule has 0 unspecified atom stereocenters. The molecule has 7 heteroatoms. The second-order valence-corrected chi connectivity index (χ2v) is 5.79. The van der Waals surface area contributed by atoms with Gasteiger partial charge < -0.3 is 4.74 Å². The van der Waals surface area contributed by atoms with Gasteiger partial charge in [0.1, 0.15) is 0 Å². The lowest BCUT2D eigenvalue weighted by molar-refractivity contribution is -0.385. The summed E-state index contributed by atoms with van der Waals surface area (Å²) in [5.74, 6) is -0.428. The maximum absolute atomic E-state index is 12.0. The molecular weight excluding hydrogens is 411 g/mol. The summed E-state index contributed by atoms with van der Waals surface area (Å²) in [7, 11) is 0. The van der Waals surface area contributed by atoms with E-state index in [9.17, 15) is 14.9 Å². The average Bonchev–Trinajstić information content (AvgIpc) is 2.89. The molecular formula is C16H9IN2O4. The number of hydrogen-bond donors (Lipinski definition) is 0. The molecule has 3 rings (SSSR count). The monoisotopic (exact) mass is 420 g/mol. The Hall–Kier alpha value is -2.55. The molecule has 0 aliphatic carbocycles. The van der Waals surface area contributed by atoms with Gasteiger partial charge in [0, 0.05) is 9.64 Å². The molecule has 2 aromatic rings. The standard InChI is InChI=1S/C16H9IN2O4/c17-12-7-3-2-6-11(12)15-18-13(16(20)23-15)9-10-5-1-4-8-14(10)19(21)22/h1-9H. The smallest absolute Gasteiger partial charge is 0.363 e. The Bertz CT molecular complexity index is 874. The predicted octanol–water partition coefficient (Wildman–Crippen LogP) is 3.54. The van der Waals surface area contributed by atoms with Crippen LogP contribution in [0, 0.1) is 13.7 Å². The molecule has 0 aromatic heterocycles. The normalized spacial score (nSPS) is 15.4. The molecule has 114 valence electrons. The maximum Gasteiger partial charge on any atom is 0.363 e. The predicted molar refractivity (Wildman–Crippen MR) is 92.9 cm³/mol. The van der Waals surface area contributed by atoms with Crippen LogP contribution >= 0.6 is 22.6 Å². The number of hydrogen-bond acceptors (Lipinski definition) is 5. The van der Waals surface area contributed by atoms with E-state index in [2.05, 4.69) is 27.6 Å². The van der Waals surface area contributed by atoms with Gasteiger partial charge in [-0.25, -0.2) is 9.79 Å². The number of rotatable bonds is 3. The molecule has 0 spiro atoms. The highest BCUT2D eigenvalue weighted by atomic mass is 127. The zero-order valence-electron chi connectivity index (χ0n) is 11.6. The highest BCUT2D eigenvalue weighted by Crippen LogP contribution is 2.25. The number of para-hydroxylation sites is 1. The first-order chi connectivity index (χ1) is 11.1. The van der Waals surface area contributed by atoms with Crippen molar-refractivity contribution in [3.63, 3.8) is 0 Å². The number of ether oxygens (including phenoxy) is 1. The number of nitro benzene ring substituents is 1. The Kier molecular flexibility index (Phi) is 4.20. The lowest BCUT2D eigenvalue weighted by Gasteiger charge is -2.01. The first-order valence-electron chi connectivity index (χ1n) is 6.57. The van der Waals surface area contributed by atoms with Gasteiger partial charge in [0.15, 0.2) is 5.70 Å². The summed E-state index contributed by atoms with van der Waals surface area (Å²) >= 11 is 2.12. The SMILES string of the molecule is O=C1OC(c2ccccc2I)=NC1=Cc1ccccc1[N+](=O)[O-]. The molecule has 23 heavy (non-hydrogen) atoms. The molecule has 0 atom stereocenters. The number of carbonyl (C=O) groups is 1. The minimum absolute atomic E-state index is 0.0361. The van der Waals surface area contributed by atoms with E-state index in [1.54, 1.807) is 24.3 Å². The number of cyclic esters (lactones) is 1. The van der Waals surface area contributed by atoms with Gasteiger partial charge in [-0.05, 0) is 46.9 Å². The third-order valence-electron chi connectivity index (χ3n) is 3.15. The van der Waals surface area contributed by atoms with E-state index in [1.807, 2.05) is 18.2 Å². The highest BCUT2D eigenvalue weighted by molar-refractivity contribution is 14.1. The van der Waals surface area contributed by atoms with Crippen LogP contribution < -0.4 is 0 Å². The van der Waals surface area contributed by atoms with Crippen LogP contribution in [0.2, 0.25) is 0 Å². The Morgan fingerprint density at radius 2 is 1.83 bits per heavy atom. The Morgan fingerprint density at radius 3 is 2.57 bits per heavy atom. The quantitative estimate of drug-likeness (QED) is 0.250. The lowest BCUT2D eigenvalue weighted by Crippen LogP contribution is -2.06. The zero-order chi connectivity index (χ0) is 16.4. The van der Waals surface area contributed by atoms with Crippen molar-refractivity contribution >= 4 is 46.2 Å². The summed E-state index contributed by atoms with van der Waals surface area (Å²) in [5, 5.41) is 11.0. The van der Waals surface area contributed by atoms with E-state index in [1.165, 1.54) is 12.1 Å². The van der Waals surface area contributed by atoms with Crippen LogP contribution in [0.15, 0.2) is 59.2 Å². The summed E-state index contributed by atoms with van der Waals surface area (Å²) in [6.07, 6.45) is 1.36. The molecule has 1 aliphatic rings. The van der Waals surface area contributed by atoms with Gasteiger partial charge in [0.25, 0.3) is 5.69 Å². The third kappa shape index (κ3) is 3.14. The summed E-state index contributed by atoms with van der Waals surface area (Å²) in [6, 6.07) is 13.5. The molecule has 0 saturated carbocycles. The fourth-order valence-electron chi connectivity index (χ4n) is 2.08. The second-order valence-electron chi connectivity index (χ2n) is 4.63. The summed E-state index contributed by atoms with van der Waals surface area (Å²) in [5.41, 5.74) is 0.948. The van der Waals surface area contributed by atoms with Gasteiger partial charge in [-0.15, -0.1) is 0 Å². The number of aliphatic imine (C=N–C) groups is 1. The number of halogens is 1. The van der Waals surface area contributed by atoms with Crippen LogP contribution in [0.3, 0.4) is 0 Å². The van der Waals surface area contributed by atoms with Gasteiger partial charge in [0.2, 0.25) is 5.90 Å². The molecule has 0 saturated heterocycles. The Balaban J connectivity index is 2.03. The molecule has 1 aliphatic heterocycles. The van der Waals surface area contributed by atoms with Crippen LogP contribution in [-0.2, 0) is 9.53 Å². The number of carbonyl (C=O) groups excluding carboxylic acids is 1. The van der Waals surface area contributed by atoms with Crippen LogP contribution in [0.4, 0.5) is 5.69 Å². The first kappa shape index (κ1) is 15.3. The maximum atomic E-state index is 12.0. The molecule has 0 bridgehead atoms. The number of nitrogens with zero attached hydrogens (tertiary/aromatic N) is 2. The molecule has 1 heterocycles. The number of esters is 1. The van der Waals surface area contributed by atoms with Crippen molar-refractivity contribution in [1.82, 2.24) is 0 Å². The van der Waals surface area contributed by atoms with Crippen molar-refractivity contribution in [2.75, 3.05) is 0 Å². The van der Waals surface area contributed by atoms with Crippen LogP contribution in [0.1, 0.15) is 11.1 Å². The van der Waals surface area contributed by atoms with E-state index in [0.29, 0.717) is 11.1 Å². The Morgan fingerprint density at radius 1 is 1.13 bits per heavy atom. The second kappa shape index (κ2) is 6.29. The fraction of sp³-hybridized carbons (Fsp3) is 0. The van der Waals surface area contributed by atoms with E-state index in [4.69, 9.17) is 4.74 Å². The van der Waals surface area contributed by atoms with Gasteiger partial charge in [-0.2, -0.15) is 0 Å². The number of nitro groups is 1. The van der Waals surface area contributed by atoms with Crippen molar-refractivity contribution in [1.29, 1.82) is 0 Å². The van der Waals surface area contributed by atoms with E-state index in [-0.39, 0.29) is 17.3 Å². The molecule has 6 nitrogen and oxygen atoms in total. The fourth-order valence-corrected chi connectivity index (χ4v) is 2.70. The molecule has 0 fully saturated rings. The van der Waals surface area contributed by atoms with Crippen LogP contribution in [-0.4, -0.2) is 16.8 Å². The summed E-state index contributed by atoms with van der Waals surface area (Å²) in [6.45, 7) is 0. The zero-order valence-corrected chi connectivity index (χ0v) is 13.8. The minimum Gasteiger partial charge on any atom is -0.402 e. The molecule has 0 N–H and O–H groups in total. The first-order valence-corrected chi connectivity index (χ1v) is 7.65. The summed E-state index contributed by atoms with van der Waals surface area (Å²) in [4.78, 5) is 26.7. The largest absolute Gasteiger partial charge is 0.402 e. The van der Waals surface area contributed by atoms with Gasteiger partial charge >= 0.3 is 5.97 Å². The van der Waals surface area contributed by atoms with Crippen molar-refractivity contribution in [2.45, 2.75) is 0 Å². The van der Waals surface area contributed by atoms with Crippen molar-refractivity contribution in [2.24, 2.45) is 4.99 Å². The van der Waals surface area contributed by atoms with Gasteiger partial charge in [0.05, 0.1) is 16.1 Å². The Labute approximate surface area is 144 Å². The average molecular weight is 420 g/mol. The van der Waals surface area contributed by atoms with Crippen LogP contribution in [0.25, 0.3) is 6.08 Å². The van der Waals surface area contributed by atoms with E-state index >= 15 is 0 Å². The van der Waals surface area contributed by atoms with Crippen molar-refractivity contribution in [3.05, 3.63) is 79.0 Å². The number of benzene rings is 2. The van der Waals surface area contributed by atoms with Crippen LogP contribution in [0.5, 0.6) is 0 Å². The minimum atomic E-state index is -0.627. The van der Waals surface area contributed by atoms with Gasteiger partial charge in [-0.3, -0.25) is 10.1 Å². The molecule has 0 amide bonds. The van der Waals surface area contributed by atoms with E-state index < -0.39 is 10.9 Å². The van der Waals surface area contributed by atoms with Crippen molar-refractivity contribution in [3.8, 4) is 0 Å². The third-order valence-corrected chi connectivity index (χ3v) is 4.09. The molecule has 0 radical (unpaired) electrons. The topological polar surface area (TPSA) is 81.8 Å². The highest BCUT2D eigenvalue weighted by Gasteiger charge is 2.26. The van der Waals surface area contributed by atoms with Crippen molar-refractivity contribution < 1.29 is 14.5 Å². The molecule has 2 aromatic carbocycles. The lowest BCUT2D eigenvalue weighted by atomic mass is 10.1. The summed E-state index contributed by atoms with van der Waals surface area (Å²) < 4.78 is 6.07. The van der Waals surface area contributed by atoms with E-state index in [0.717, 1.165) is 3.57 Å². The van der Waals surface area contributed by atoms with Gasteiger partial charge in [-0.1, -0.05) is 24.3 Å².